The molecule has 0 aliphatic rings. The first kappa shape index (κ1) is 20.0. The van der Waals surface area contributed by atoms with Crippen molar-refractivity contribution in [3.05, 3.63) is 29.8 Å². The summed E-state index contributed by atoms with van der Waals surface area (Å²) < 4.78 is 37.5. The maximum Gasteiger partial charge on any atom is 0.416 e. The zero-order chi connectivity index (χ0) is 18.3. The number of amides is 2. The standard InChI is InChI=1S/C16H22F3N3O2/c1-4-9-20-14(23)10-22(3)11(2)15(24)21-13-7-5-12(6-8-13)16(17,18)19/h5-8,11H,4,9-10H2,1-3H3,(H,20,23)(H,21,24)/p+1/t11-/m1/s1. The minimum atomic E-state index is -4.41. The Morgan fingerprint density at radius 3 is 2.29 bits per heavy atom. The van der Waals surface area contributed by atoms with Gasteiger partial charge in [-0.15, -0.1) is 0 Å². The summed E-state index contributed by atoms with van der Waals surface area (Å²) in [5.41, 5.74) is -0.494. The Balaban J connectivity index is 2.58. The molecule has 0 aliphatic carbocycles. The lowest BCUT2D eigenvalue weighted by Gasteiger charge is -2.20. The van der Waals surface area contributed by atoms with Gasteiger partial charge in [-0.25, -0.2) is 0 Å². The molecular weight excluding hydrogens is 323 g/mol. The lowest BCUT2D eigenvalue weighted by Crippen LogP contribution is -3.15. The molecule has 1 aromatic rings. The van der Waals surface area contributed by atoms with Crippen molar-refractivity contribution in [1.29, 1.82) is 0 Å². The number of carbonyl (C=O) groups excluding carboxylic acids is 2. The fourth-order valence-corrected chi connectivity index (χ4v) is 1.95. The van der Waals surface area contributed by atoms with Crippen LogP contribution in [0.5, 0.6) is 0 Å². The van der Waals surface area contributed by atoms with Gasteiger partial charge in [0.05, 0.1) is 12.6 Å². The van der Waals surface area contributed by atoms with E-state index in [9.17, 15) is 22.8 Å². The summed E-state index contributed by atoms with van der Waals surface area (Å²) in [4.78, 5) is 24.5. The molecule has 0 saturated carbocycles. The van der Waals surface area contributed by atoms with E-state index in [1.807, 2.05) is 6.92 Å². The normalized spacial score (nSPS) is 13.9. The van der Waals surface area contributed by atoms with Gasteiger partial charge in [0.15, 0.2) is 12.6 Å². The van der Waals surface area contributed by atoms with E-state index < -0.39 is 17.8 Å². The van der Waals surface area contributed by atoms with Gasteiger partial charge >= 0.3 is 6.18 Å². The van der Waals surface area contributed by atoms with E-state index in [2.05, 4.69) is 10.6 Å². The Kier molecular flexibility index (Phi) is 7.21. The molecule has 1 rings (SSSR count). The number of quaternary nitrogens is 1. The maximum absolute atomic E-state index is 12.5. The molecule has 1 unspecified atom stereocenters. The molecule has 0 aliphatic heterocycles. The number of anilines is 1. The van der Waals surface area contributed by atoms with Crippen LogP contribution in [0.25, 0.3) is 0 Å². The van der Waals surface area contributed by atoms with Gasteiger partial charge in [-0.1, -0.05) is 6.92 Å². The van der Waals surface area contributed by atoms with Crippen LogP contribution in [0.4, 0.5) is 18.9 Å². The van der Waals surface area contributed by atoms with E-state index in [4.69, 9.17) is 0 Å². The van der Waals surface area contributed by atoms with Crippen molar-refractivity contribution in [1.82, 2.24) is 5.32 Å². The molecule has 24 heavy (non-hydrogen) atoms. The Hall–Kier alpha value is -2.09. The van der Waals surface area contributed by atoms with Crippen molar-refractivity contribution in [2.75, 3.05) is 25.5 Å². The van der Waals surface area contributed by atoms with Crippen LogP contribution >= 0.6 is 0 Å². The number of halogens is 3. The molecule has 1 aromatic carbocycles. The zero-order valence-corrected chi connectivity index (χ0v) is 14.0. The first-order chi connectivity index (χ1) is 11.1. The number of carbonyl (C=O) groups is 2. The van der Waals surface area contributed by atoms with Gasteiger partial charge in [-0.05, 0) is 37.6 Å². The molecule has 2 atom stereocenters. The molecule has 0 fully saturated rings. The van der Waals surface area contributed by atoms with E-state index in [0.29, 0.717) is 11.4 Å². The van der Waals surface area contributed by atoms with E-state index in [0.717, 1.165) is 18.6 Å². The van der Waals surface area contributed by atoms with Gasteiger partial charge in [-0.2, -0.15) is 13.2 Å². The maximum atomic E-state index is 12.5. The lowest BCUT2D eigenvalue weighted by atomic mass is 10.2. The molecule has 0 saturated heterocycles. The fourth-order valence-electron chi connectivity index (χ4n) is 1.95. The summed E-state index contributed by atoms with van der Waals surface area (Å²) in [5, 5.41) is 5.29. The summed E-state index contributed by atoms with van der Waals surface area (Å²) in [6.07, 6.45) is -3.58. The van der Waals surface area contributed by atoms with Crippen LogP contribution in [0.15, 0.2) is 24.3 Å². The second-order valence-electron chi connectivity index (χ2n) is 5.66. The van der Waals surface area contributed by atoms with Crippen LogP contribution in [0.1, 0.15) is 25.8 Å². The van der Waals surface area contributed by atoms with Gasteiger partial charge < -0.3 is 15.5 Å². The summed E-state index contributed by atoms with van der Waals surface area (Å²) in [7, 11) is 1.71. The Morgan fingerprint density at radius 2 is 1.79 bits per heavy atom. The molecule has 0 bridgehead atoms. The van der Waals surface area contributed by atoms with E-state index in [1.165, 1.54) is 12.1 Å². The monoisotopic (exact) mass is 346 g/mol. The van der Waals surface area contributed by atoms with Crippen molar-refractivity contribution < 1.29 is 27.7 Å². The highest BCUT2D eigenvalue weighted by Crippen LogP contribution is 2.29. The largest absolute Gasteiger partial charge is 0.416 e. The third kappa shape index (κ3) is 6.19. The van der Waals surface area contributed by atoms with Gasteiger partial charge in [0.25, 0.3) is 11.8 Å². The molecule has 0 spiro atoms. The first-order valence-electron chi connectivity index (χ1n) is 7.72. The molecular formula is C16H23F3N3O2+. The SMILES string of the molecule is CCCNC(=O)C[NH+](C)[C@H](C)C(=O)Nc1ccc(C(F)(F)F)cc1. The second kappa shape index (κ2) is 8.68. The van der Waals surface area contributed by atoms with Gasteiger partial charge in [0.1, 0.15) is 0 Å². The zero-order valence-electron chi connectivity index (χ0n) is 14.0. The summed E-state index contributed by atoms with van der Waals surface area (Å²) in [6, 6.07) is 3.71. The van der Waals surface area contributed by atoms with Crippen LogP contribution < -0.4 is 15.5 Å². The number of rotatable bonds is 7. The quantitative estimate of drug-likeness (QED) is 0.692. The molecule has 8 heteroatoms. The highest BCUT2D eigenvalue weighted by Gasteiger charge is 2.30. The smallest absolute Gasteiger partial charge is 0.351 e. The molecule has 0 aromatic heterocycles. The minimum absolute atomic E-state index is 0.140. The first-order valence-corrected chi connectivity index (χ1v) is 7.72. The summed E-state index contributed by atoms with van der Waals surface area (Å²) in [6.45, 7) is 4.32. The van der Waals surface area contributed by atoms with E-state index in [1.54, 1.807) is 14.0 Å². The number of likely N-dealkylation sites (N-methyl/N-ethyl adjacent to an activating group) is 1. The molecule has 3 N–H and O–H groups in total. The molecule has 5 nitrogen and oxygen atoms in total. The Labute approximate surface area is 139 Å². The lowest BCUT2D eigenvalue weighted by molar-refractivity contribution is -0.885. The van der Waals surface area contributed by atoms with Crippen LogP contribution in [0, 0.1) is 0 Å². The summed E-state index contributed by atoms with van der Waals surface area (Å²) in [5.74, 6) is -0.515. The van der Waals surface area contributed by atoms with Crippen LogP contribution in [-0.2, 0) is 15.8 Å². The second-order valence-corrected chi connectivity index (χ2v) is 5.66. The van der Waals surface area contributed by atoms with Crippen LogP contribution in [0.2, 0.25) is 0 Å². The van der Waals surface area contributed by atoms with E-state index >= 15 is 0 Å². The average molecular weight is 346 g/mol. The predicted molar refractivity (Wildman–Crippen MR) is 84.6 cm³/mol. The van der Waals surface area contributed by atoms with E-state index in [-0.39, 0.29) is 24.0 Å². The summed E-state index contributed by atoms with van der Waals surface area (Å²) >= 11 is 0. The average Bonchev–Trinajstić information content (AvgIpc) is 2.51. The Morgan fingerprint density at radius 1 is 1.21 bits per heavy atom. The van der Waals surface area contributed by atoms with Gasteiger partial charge in [0, 0.05) is 12.2 Å². The number of benzene rings is 1. The van der Waals surface area contributed by atoms with Crippen molar-refractivity contribution >= 4 is 17.5 Å². The number of hydrogen-bond donors (Lipinski definition) is 3. The number of hydrogen-bond acceptors (Lipinski definition) is 2. The van der Waals surface area contributed by atoms with Crippen molar-refractivity contribution in [3.8, 4) is 0 Å². The Bertz CT molecular complexity index is 559. The third-order valence-corrected chi connectivity index (χ3v) is 3.62. The highest BCUT2D eigenvalue weighted by atomic mass is 19.4. The molecule has 0 heterocycles. The van der Waals surface area contributed by atoms with Gasteiger partial charge in [0.2, 0.25) is 0 Å². The fraction of sp³-hybridized carbons (Fsp3) is 0.500. The van der Waals surface area contributed by atoms with Crippen molar-refractivity contribution in [2.24, 2.45) is 0 Å². The van der Waals surface area contributed by atoms with Crippen molar-refractivity contribution in [3.63, 3.8) is 0 Å². The molecule has 0 radical (unpaired) electrons. The number of nitrogens with one attached hydrogen (secondary N) is 3. The predicted octanol–water partition coefficient (Wildman–Crippen LogP) is 1.07. The third-order valence-electron chi connectivity index (χ3n) is 3.62. The van der Waals surface area contributed by atoms with Crippen LogP contribution in [0.3, 0.4) is 0 Å². The van der Waals surface area contributed by atoms with Crippen LogP contribution in [-0.4, -0.2) is 38.0 Å². The topological polar surface area (TPSA) is 62.6 Å². The molecule has 134 valence electrons. The van der Waals surface area contributed by atoms with Crippen molar-refractivity contribution in [2.45, 2.75) is 32.5 Å². The van der Waals surface area contributed by atoms with Gasteiger partial charge in [-0.3, -0.25) is 9.59 Å². The number of alkyl halides is 3. The highest BCUT2D eigenvalue weighted by molar-refractivity contribution is 5.93. The minimum Gasteiger partial charge on any atom is -0.351 e. The molecule has 2 amide bonds.